The molecule has 0 saturated heterocycles. The number of esters is 1. The van der Waals surface area contributed by atoms with Gasteiger partial charge in [0, 0.05) is 23.3 Å². The summed E-state index contributed by atoms with van der Waals surface area (Å²) in [6, 6.07) is 12.6. The van der Waals surface area contributed by atoms with Crippen LogP contribution in [-0.2, 0) is 9.53 Å². The summed E-state index contributed by atoms with van der Waals surface area (Å²) < 4.78 is 23.9. The molecule has 11 nitrogen and oxygen atoms in total. The quantitative estimate of drug-likeness (QED) is 0.169. The molecule has 0 N–H and O–H groups in total. The van der Waals surface area contributed by atoms with Gasteiger partial charge in [-0.1, -0.05) is 29.5 Å². The fraction of sp³-hybridized carbons (Fsp3) is 0.233. The Labute approximate surface area is 243 Å². The molecule has 0 amide bonds. The Morgan fingerprint density at radius 2 is 1.88 bits per heavy atom. The van der Waals surface area contributed by atoms with Crippen LogP contribution in [0, 0.1) is 17.0 Å². The van der Waals surface area contributed by atoms with E-state index in [0.717, 1.165) is 11.3 Å². The maximum Gasteiger partial charge on any atom is 0.338 e. The molecule has 0 bridgehead atoms. The molecule has 0 radical (unpaired) electrons. The van der Waals surface area contributed by atoms with E-state index in [9.17, 15) is 19.7 Å². The molecule has 3 heterocycles. The van der Waals surface area contributed by atoms with Gasteiger partial charge in [0.05, 0.1) is 47.6 Å². The van der Waals surface area contributed by atoms with Gasteiger partial charge < -0.3 is 18.6 Å². The first-order valence-corrected chi connectivity index (χ1v) is 13.7. The number of fused-ring (bicyclic) bond motifs is 1. The van der Waals surface area contributed by atoms with Crippen molar-refractivity contribution < 1.29 is 28.3 Å². The van der Waals surface area contributed by atoms with Crippen molar-refractivity contribution in [1.82, 2.24) is 4.57 Å². The number of allylic oxidation sites excluding steroid dienone is 1. The van der Waals surface area contributed by atoms with Crippen molar-refractivity contribution in [2.75, 3.05) is 20.8 Å². The van der Waals surface area contributed by atoms with Crippen LogP contribution < -0.4 is 24.4 Å². The van der Waals surface area contributed by atoms with E-state index in [1.54, 1.807) is 69.3 Å². The molecule has 0 aliphatic carbocycles. The number of aromatic nitrogens is 1. The number of hydrogen-bond acceptors (Lipinski definition) is 10. The predicted octanol–water partition coefficient (Wildman–Crippen LogP) is 4.29. The monoisotopic (exact) mass is 589 g/mol. The Balaban J connectivity index is 1.63. The number of benzene rings is 2. The molecule has 1 atom stereocenters. The minimum Gasteiger partial charge on any atom is -0.493 e. The Kier molecular flexibility index (Phi) is 7.81. The third-order valence-corrected chi connectivity index (χ3v) is 7.81. The Bertz CT molecular complexity index is 1930. The van der Waals surface area contributed by atoms with Gasteiger partial charge in [0.1, 0.15) is 11.5 Å². The molecule has 0 spiro atoms. The summed E-state index contributed by atoms with van der Waals surface area (Å²) in [5, 5.41) is 11.4. The van der Waals surface area contributed by atoms with Crippen LogP contribution in [0.3, 0.4) is 0 Å². The van der Waals surface area contributed by atoms with Gasteiger partial charge in [0.25, 0.3) is 11.2 Å². The number of rotatable bonds is 8. The number of carbonyl (C=O) groups excluding carboxylic acids is 1. The molecule has 1 aliphatic rings. The lowest BCUT2D eigenvalue weighted by molar-refractivity contribution is -0.385. The standard InChI is InChI=1S/C30H27N3O8S/c1-6-40-29(35)26-17(3)31-30-32(27(26)19-9-11-23(38-4)24(14-19)39-5)28(34)25(42-30)15-20-10-12-22(41-20)18-8-7-16(2)21(13-18)33(36)37/h7-15,27H,6H2,1-5H3/b25-15-/t27-/m0/s1. The summed E-state index contributed by atoms with van der Waals surface area (Å²) in [5.74, 6) is 1.16. The molecule has 5 rings (SSSR count). The molecule has 0 unspecified atom stereocenters. The third-order valence-electron chi connectivity index (χ3n) is 6.83. The predicted molar refractivity (Wildman–Crippen MR) is 155 cm³/mol. The molecule has 0 fully saturated rings. The lowest BCUT2D eigenvalue weighted by Gasteiger charge is -2.25. The zero-order valence-corrected chi connectivity index (χ0v) is 24.3. The first-order chi connectivity index (χ1) is 20.2. The molecule has 1 aliphatic heterocycles. The molecule has 4 aromatic rings. The van der Waals surface area contributed by atoms with Gasteiger partial charge >= 0.3 is 5.97 Å². The molecule has 12 heteroatoms. The molecule has 2 aromatic carbocycles. The van der Waals surface area contributed by atoms with E-state index in [-0.39, 0.29) is 23.4 Å². The number of carbonyl (C=O) groups is 1. The van der Waals surface area contributed by atoms with Crippen LogP contribution in [0.15, 0.2) is 74.0 Å². The van der Waals surface area contributed by atoms with Crippen molar-refractivity contribution in [3.63, 3.8) is 0 Å². The van der Waals surface area contributed by atoms with Crippen LogP contribution in [0.1, 0.15) is 36.8 Å². The van der Waals surface area contributed by atoms with Gasteiger partial charge in [-0.3, -0.25) is 19.5 Å². The summed E-state index contributed by atoms with van der Waals surface area (Å²) in [6.45, 7) is 5.24. The Hall–Kier alpha value is -4.97. The van der Waals surface area contributed by atoms with E-state index in [2.05, 4.69) is 4.99 Å². The van der Waals surface area contributed by atoms with Crippen molar-refractivity contribution in [2.45, 2.75) is 26.8 Å². The number of thiazole rings is 1. The van der Waals surface area contributed by atoms with Gasteiger partial charge in [0.15, 0.2) is 16.3 Å². The Morgan fingerprint density at radius 3 is 2.57 bits per heavy atom. The van der Waals surface area contributed by atoms with Crippen LogP contribution in [0.4, 0.5) is 5.69 Å². The van der Waals surface area contributed by atoms with Crippen molar-refractivity contribution in [3.05, 3.63) is 106 Å². The summed E-state index contributed by atoms with van der Waals surface area (Å²) in [6.07, 6.45) is 1.59. The topological polar surface area (TPSA) is 135 Å². The van der Waals surface area contributed by atoms with Crippen molar-refractivity contribution in [3.8, 4) is 22.8 Å². The van der Waals surface area contributed by atoms with E-state index in [1.807, 2.05) is 0 Å². The fourth-order valence-electron chi connectivity index (χ4n) is 4.80. The second-order valence-corrected chi connectivity index (χ2v) is 10.4. The average molecular weight is 590 g/mol. The second-order valence-electron chi connectivity index (χ2n) is 9.38. The van der Waals surface area contributed by atoms with Gasteiger partial charge in [-0.25, -0.2) is 9.79 Å². The number of nitrogens with zero attached hydrogens (tertiary/aromatic N) is 3. The molecule has 42 heavy (non-hydrogen) atoms. The number of furan rings is 1. The van der Waals surface area contributed by atoms with Crippen LogP contribution >= 0.6 is 11.3 Å². The molecule has 216 valence electrons. The zero-order valence-electron chi connectivity index (χ0n) is 23.5. The van der Waals surface area contributed by atoms with Crippen LogP contribution in [0.2, 0.25) is 0 Å². The highest BCUT2D eigenvalue weighted by molar-refractivity contribution is 7.07. The minimum absolute atomic E-state index is 0.0123. The van der Waals surface area contributed by atoms with Crippen LogP contribution in [0.25, 0.3) is 17.4 Å². The smallest absolute Gasteiger partial charge is 0.338 e. The molecule has 0 saturated carbocycles. The normalized spacial score (nSPS) is 14.8. The fourth-order valence-corrected chi connectivity index (χ4v) is 5.83. The maximum atomic E-state index is 13.9. The number of nitro groups is 1. The maximum absolute atomic E-state index is 13.9. The Morgan fingerprint density at radius 1 is 1.12 bits per heavy atom. The van der Waals surface area contributed by atoms with Crippen molar-refractivity contribution in [1.29, 1.82) is 0 Å². The number of hydrogen-bond donors (Lipinski definition) is 0. The van der Waals surface area contributed by atoms with E-state index < -0.39 is 16.9 Å². The number of nitro benzene ring substituents is 1. The van der Waals surface area contributed by atoms with E-state index in [1.165, 1.54) is 24.9 Å². The van der Waals surface area contributed by atoms with Crippen LogP contribution in [-0.4, -0.2) is 36.3 Å². The SMILES string of the molecule is CCOC(=O)C1=C(C)N=c2s/c(=C\c3ccc(-c4ccc(C)c([N+](=O)[O-])c4)o3)c(=O)n2[C@H]1c1ccc(OC)c(OC)c1. The largest absolute Gasteiger partial charge is 0.493 e. The lowest BCUT2D eigenvalue weighted by Crippen LogP contribution is -2.39. The highest BCUT2D eigenvalue weighted by Gasteiger charge is 2.34. The summed E-state index contributed by atoms with van der Waals surface area (Å²) in [7, 11) is 3.03. The highest BCUT2D eigenvalue weighted by atomic mass is 32.1. The van der Waals surface area contributed by atoms with Gasteiger partial charge in [-0.05, 0) is 50.6 Å². The zero-order chi connectivity index (χ0) is 30.1. The summed E-state index contributed by atoms with van der Waals surface area (Å²) >= 11 is 1.15. The van der Waals surface area contributed by atoms with Gasteiger partial charge in [-0.15, -0.1) is 0 Å². The number of aryl methyl sites for hydroxylation is 1. The highest BCUT2D eigenvalue weighted by Crippen LogP contribution is 2.36. The third kappa shape index (κ3) is 5.12. The lowest BCUT2D eigenvalue weighted by atomic mass is 9.95. The molecular formula is C30H27N3O8S. The summed E-state index contributed by atoms with van der Waals surface area (Å²) in [5.41, 5.74) is 1.97. The van der Waals surface area contributed by atoms with Crippen LogP contribution in [0.5, 0.6) is 11.5 Å². The van der Waals surface area contributed by atoms with E-state index in [4.69, 9.17) is 18.6 Å². The van der Waals surface area contributed by atoms with Crippen molar-refractivity contribution in [2.24, 2.45) is 4.99 Å². The molecule has 2 aromatic heterocycles. The number of ether oxygens (including phenoxy) is 3. The van der Waals surface area contributed by atoms with E-state index in [0.29, 0.717) is 54.7 Å². The first-order valence-electron chi connectivity index (χ1n) is 12.9. The minimum atomic E-state index is -0.831. The average Bonchev–Trinajstić information content (AvgIpc) is 3.56. The van der Waals surface area contributed by atoms with E-state index >= 15 is 0 Å². The molecular weight excluding hydrogens is 562 g/mol. The first kappa shape index (κ1) is 28.6. The number of methoxy groups -OCH3 is 2. The van der Waals surface area contributed by atoms with Gasteiger partial charge in [-0.2, -0.15) is 0 Å². The van der Waals surface area contributed by atoms with Crippen molar-refractivity contribution >= 4 is 29.1 Å². The second kappa shape index (κ2) is 11.5. The van der Waals surface area contributed by atoms with Gasteiger partial charge in [0.2, 0.25) is 0 Å². The summed E-state index contributed by atoms with van der Waals surface area (Å²) in [4.78, 5) is 43.0.